The van der Waals surface area contributed by atoms with Crippen LogP contribution in [0, 0.1) is 11.8 Å². The van der Waals surface area contributed by atoms with E-state index in [9.17, 15) is 33.0 Å². The standard InChI is InChI=1S/C42H24N2O7S/c45-37(25-15-17-43-33(19-25)23-7-3-1-4-8-23)35-39(47)29-13-11-27(21-31(29)41(35)49)52(51)28-12-14-30-32(22-28)42(50)36(40(30)48)38(46)26-16-18-44-34(20-26)24-9-5-2-6-10-24/h1-22,35-36H. The van der Waals surface area contributed by atoms with Gasteiger partial charge >= 0.3 is 0 Å². The number of fused-ring (bicyclic) bond motifs is 2. The van der Waals surface area contributed by atoms with Gasteiger partial charge in [0.25, 0.3) is 0 Å². The highest BCUT2D eigenvalue weighted by molar-refractivity contribution is 7.85. The number of benzene rings is 4. The molecule has 52 heavy (non-hydrogen) atoms. The molecule has 0 radical (unpaired) electrons. The fourth-order valence-electron chi connectivity index (χ4n) is 6.62. The minimum absolute atomic E-state index is 0.0307. The number of hydrogen-bond acceptors (Lipinski definition) is 9. The van der Waals surface area contributed by atoms with Crippen LogP contribution in [0.3, 0.4) is 0 Å². The van der Waals surface area contributed by atoms with Crippen LogP contribution in [-0.2, 0) is 10.8 Å². The van der Waals surface area contributed by atoms with Crippen LogP contribution in [-0.4, -0.2) is 48.9 Å². The van der Waals surface area contributed by atoms with E-state index < -0.39 is 57.3 Å². The third kappa shape index (κ3) is 5.46. The Morgan fingerprint density at radius 3 is 1.25 bits per heavy atom. The highest BCUT2D eigenvalue weighted by atomic mass is 32.2. The molecule has 10 heteroatoms. The van der Waals surface area contributed by atoms with E-state index >= 15 is 0 Å². The van der Waals surface area contributed by atoms with Crippen molar-refractivity contribution in [1.29, 1.82) is 0 Å². The molecule has 2 aromatic heterocycles. The Morgan fingerprint density at radius 2 is 0.846 bits per heavy atom. The smallest absolute Gasteiger partial charge is 0.182 e. The van der Waals surface area contributed by atoms with Crippen LogP contribution in [0.15, 0.2) is 144 Å². The summed E-state index contributed by atoms with van der Waals surface area (Å²) in [5, 5.41) is 0. The number of carbonyl (C=O) groups is 6. The highest BCUT2D eigenvalue weighted by Gasteiger charge is 2.45. The minimum Gasteiger partial charge on any atom is -0.293 e. The number of ketones is 6. The lowest BCUT2D eigenvalue weighted by atomic mass is 9.93. The zero-order valence-corrected chi connectivity index (χ0v) is 27.8. The molecule has 4 aromatic carbocycles. The molecule has 0 spiro atoms. The second-order valence-corrected chi connectivity index (χ2v) is 13.8. The van der Waals surface area contributed by atoms with Gasteiger partial charge in [0, 0.05) is 66.7 Å². The fraction of sp³-hybridized carbons (Fsp3) is 0.0476. The molecule has 0 saturated carbocycles. The minimum atomic E-state index is -1.96. The van der Waals surface area contributed by atoms with Crippen molar-refractivity contribution in [2.75, 3.05) is 0 Å². The lowest BCUT2D eigenvalue weighted by Gasteiger charge is -2.08. The Balaban J connectivity index is 1.03. The van der Waals surface area contributed by atoms with Crippen LogP contribution >= 0.6 is 0 Å². The topological polar surface area (TPSA) is 145 Å². The number of aromatic nitrogens is 2. The summed E-state index contributed by atoms with van der Waals surface area (Å²) in [4.78, 5) is 89.9. The van der Waals surface area contributed by atoms with E-state index in [1.54, 1.807) is 12.1 Å². The van der Waals surface area contributed by atoms with Gasteiger partial charge in [-0.3, -0.25) is 38.7 Å². The van der Waals surface area contributed by atoms with Crippen molar-refractivity contribution in [3.05, 3.63) is 167 Å². The maximum atomic E-state index is 13.8. The lowest BCUT2D eigenvalue weighted by molar-refractivity contribution is 0.0733. The molecule has 2 aliphatic rings. The molecule has 2 aliphatic carbocycles. The van der Waals surface area contributed by atoms with Crippen LogP contribution in [0.4, 0.5) is 0 Å². The number of carbonyl (C=O) groups excluding carboxylic acids is 6. The third-order valence-corrected chi connectivity index (χ3v) is 10.6. The van der Waals surface area contributed by atoms with Gasteiger partial charge in [-0.15, -0.1) is 0 Å². The van der Waals surface area contributed by atoms with Gasteiger partial charge in [-0.1, -0.05) is 60.7 Å². The Labute approximate surface area is 298 Å². The quantitative estimate of drug-likeness (QED) is 0.125. The summed E-state index contributed by atoms with van der Waals surface area (Å²) in [6.07, 6.45) is 2.89. The predicted octanol–water partition coefficient (Wildman–Crippen LogP) is 6.73. The summed E-state index contributed by atoms with van der Waals surface area (Å²) >= 11 is 0. The summed E-state index contributed by atoms with van der Waals surface area (Å²) in [6.45, 7) is 0. The average Bonchev–Trinajstić information content (AvgIpc) is 3.60. The number of hydrogen-bond donors (Lipinski definition) is 0. The molecule has 2 atom stereocenters. The van der Waals surface area contributed by atoms with Gasteiger partial charge in [0.15, 0.2) is 34.7 Å². The van der Waals surface area contributed by atoms with E-state index in [-0.39, 0.29) is 43.2 Å². The van der Waals surface area contributed by atoms with Gasteiger partial charge in [0.1, 0.15) is 11.8 Å². The number of Topliss-reactive ketones (excluding diaryl/α,β-unsaturated/α-hetero) is 6. The second kappa shape index (κ2) is 12.9. The molecule has 0 fully saturated rings. The largest absolute Gasteiger partial charge is 0.293 e. The molecule has 0 amide bonds. The van der Waals surface area contributed by atoms with Crippen molar-refractivity contribution in [3.63, 3.8) is 0 Å². The van der Waals surface area contributed by atoms with E-state index in [0.717, 1.165) is 11.1 Å². The second-order valence-electron chi connectivity index (χ2n) is 12.3. The number of pyridine rings is 2. The first kappa shape index (κ1) is 32.5. The summed E-state index contributed by atoms with van der Waals surface area (Å²) in [7, 11) is -1.96. The Kier molecular flexibility index (Phi) is 8.08. The van der Waals surface area contributed by atoms with Crippen molar-refractivity contribution < 1.29 is 33.0 Å². The molecular formula is C42H24N2O7S. The Morgan fingerprint density at radius 1 is 0.462 bits per heavy atom. The van der Waals surface area contributed by atoms with E-state index in [1.165, 1.54) is 60.9 Å². The van der Waals surface area contributed by atoms with Gasteiger partial charge in [-0.2, -0.15) is 0 Å². The lowest BCUT2D eigenvalue weighted by Crippen LogP contribution is -2.25. The van der Waals surface area contributed by atoms with Crippen molar-refractivity contribution in [2.45, 2.75) is 9.79 Å². The molecule has 250 valence electrons. The highest BCUT2D eigenvalue weighted by Crippen LogP contribution is 2.35. The van der Waals surface area contributed by atoms with Gasteiger partial charge in [-0.25, -0.2) is 4.21 Å². The zero-order valence-electron chi connectivity index (χ0n) is 27.0. The molecule has 0 saturated heterocycles. The van der Waals surface area contributed by atoms with E-state index in [0.29, 0.717) is 11.4 Å². The first-order chi connectivity index (χ1) is 25.2. The van der Waals surface area contributed by atoms with Crippen molar-refractivity contribution in [1.82, 2.24) is 9.97 Å². The van der Waals surface area contributed by atoms with Gasteiger partial charge < -0.3 is 0 Å². The summed E-state index contributed by atoms with van der Waals surface area (Å²) < 4.78 is 13.8. The van der Waals surface area contributed by atoms with Crippen molar-refractivity contribution in [3.8, 4) is 22.5 Å². The molecule has 6 aromatic rings. The first-order valence-corrected chi connectivity index (χ1v) is 17.3. The van der Waals surface area contributed by atoms with Crippen molar-refractivity contribution in [2.24, 2.45) is 11.8 Å². The van der Waals surface area contributed by atoms with Gasteiger partial charge in [0.05, 0.1) is 22.2 Å². The van der Waals surface area contributed by atoms with Gasteiger partial charge in [-0.05, 0) is 60.7 Å². The number of rotatable bonds is 8. The maximum absolute atomic E-state index is 13.8. The van der Waals surface area contributed by atoms with Crippen LogP contribution in [0.1, 0.15) is 62.1 Å². The van der Waals surface area contributed by atoms with E-state index in [1.807, 2.05) is 60.7 Å². The normalized spacial score (nSPS) is 16.8. The molecule has 2 unspecified atom stereocenters. The van der Waals surface area contributed by atoms with Gasteiger partial charge in [0.2, 0.25) is 0 Å². The maximum Gasteiger partial charge on any atom is 0.182 e. The van der Waals surface area contributed by atoms with Crippen LogP contribution in [0.25, 0.3) is 22.5 Å². The molecule has 2 heterocycles. The molecular weight excluding hydrogens is 677 g/mol. The monoisotopic (exact) mass is 700 g/mol. The molecule has 0 bridgehead atoms. The fourth-order valence-corrected chi connectivity index (χ4v) is 7.73. The van der Waals surface area contributed by atoms with E-state index in [4.69, 9.17) is 0 Å². The summed E-state index contributed by atoms with van der Waals surface area (Å²) in [5.74, 6) is -7.22. The zero-order chi connectivity index (χ0) is 36.1. The number of nitrogens with zero attached hydrogens (tertiary/aromatic N) is 2. The molecule has 0 aliphatic heterocycles. The van der Waals surface area contributed by atoms with E-state index in [2.05, 4.69) is 9.97 Å². The Bertz CT molecular complexity index is 2390. The third-order valence-electron chi connectivity index (χ3n) is 9.27. The molecule has 0 N–H and O–H groups in total. The Hall–Kier alpha value is -6.65. The molecule has 9 nitrogen and oxygen atoms in total. The SMILES string of the molecule is O=C(c1ccnc(-c2ccccc2)c1)C1C(=O)c2ccc(S(=O)c3ccc4c(c3)C(=O)C(C(=O)c3ccnc(-c5ccccc5)c3)C4=O)cc2C1=O. The van der Waals surface area contributed by atoms with Crippen LogP contribution in [0.5, 0.6) is 0 Å². The predicted molar refractivity (Wildman–Crippen MR) is 190 cm³/mol. The van der Waals surface area contributed by atoms with Crippen LogP contribution in [0.2, 0.25) is 0 Å². The first-order valence-electron chi connectivity index (χ1n) is 16.2. The summed E-state index contributed by atoms with van der Waals surface area (Å²) in [6, 6.07) is 32.6. The van der Waals surface area contributed by atoms with Crippen molar-refractivity contribution >= 4 is 45.5 Å². The average molecular weight is 701 g/mol. The molecule has 8 rings (SSSR count). The van der Waals surface area contributed by atoms with Crippen LogP contribution < -0.4 is 0 Å². The summed E-state index contributed by atoms with van der Waals surface area (Å²) in [5.41, 5.74) is 2.91.